The summed E-state index contributed by atoms with van der Waals surface area (Å²) in [4.78, 5) is 35.2. The number of anilines is 1. The van der Waals surface area contributed by atoms with E-state index in [0.29, 0.717) is 39.3 Å². The van der Waals surface area contributed by atoms with Gasteiger partial charge in [0.2, 0.25) is 0 Å². The zero-order valence-electron chi connectivity index (χ0n) is 16.8. The molecule has 1 amide bonds. The zero-order chi connectivity index (χ0) is 22.0. The molecule has 156 valence electrons. The molecule has 0 unspecified atom stereocenters. The van der Waals surface area contributed by atoms with Crippen LogP contribution in [-0.2, 0) is 11.3 Å². The number of rotatable bonds is 6. The molecule has 31 heavy (non-hydrogen) atoms. The van der Waals surface area contributed by atoms with Gasteiger partial charge >= 0.3 is 5.97 Å². The van der Waals surface area contributed by atoms with Gasteiger partial charge in [0.15, 0.2) is 5.65 Å². The Bertz CT molecular complexity index is 1310. The van der Waals surface area contributed by atoms with E-state index in [-0.39, 0.29) is 18.0 Å². The van der Waals surface area contributed by atoms with E-state index in [2.05, 4.69) is 21.9 Å². The van der Waals surface area contributed by atoms with E-state index < -0.39 is 11.9 Å². The number of nitrogens with zero attached hydrogens (tertiary/aromatic N) is 3. The largest absolute Gasteiger partial charge is 0.462 e. The lowest BCUT2D eigenvalue weighted by atomic mass is 10.2. The monoisotopic (exact) mass is 434 g/mol. The van der Waals surface area contributed by atoms with Crippen molar-refractivity contribution in [3.8, 4) is 0 Å². The molecule has 0 aliphatic heterocycles. The van der Waals surface area contributed by atoms with Gasteiger partial charge in [-0.2, -0.15) is 0 Å². The van der Waals surface area contributed by atoms with Crippen LogP contribution in [0.3, 0.4) is 0 Å². The SMILES string of the molecule is C=CCn1c(NC(=O)c2ccc(Cl)cc2)c(C(=O)OCC)c2nc3ccccc3nc21. The maximum absolute atomic E-state index is 12.9. The Labute approximate surface area is 183 Å². The minimum Gasteiger partial charge on any atom is -0.462 e. The van der Waals surface area contributed by atoms with Crippen molar-refractivity contribution in [2.75, 3.05) is 11.9 Å². The molecule has 0 aliphatic rings. The lowest BCUT2D eigenvalue weighted by molar-refractivity contribution is 0.0529. The van der Waals surface area contributed by atoms with Gasteiger partial charge < -0.3 is 14.6 Å². The standard InChI is InChI=1S/C23H19ClN4O3/c1-3-13-28-20(27-22(29)14-9-11-15(24)12-10-14)18(23(30)31-4-2)19-21(28)26-17-8-6-5-7-16(17)25-19/h3,5-12H,1,4,13H2,2H3,(H,27,29). The van der Waals surface area contributed by atoms with Gasteiger partial charge in [0.1, 0.15) is 16.9 Å². The predicted octanol–water partition coefficient (Wildman–Crippen LogP) is 4.85. The van der Waals surface area contributed by atoms with Crippen molar-refractivity contribution in [3.05, 3.63) is 77.3 Å². The predicted molar refractivity (Wildman–Crippen MR) is 121 cm³/mol. The number of hydrogen-bond acceptors (Lipinski definition) is 5. The molecule has 0 bridgehead atoms. The second-order valence-electron chi connectivity index (χ2n) is 6.69. The van der Waals surface area contributed by atoms with E-state index in [0.717, 1.165) is 0 Å². The Morgan fingerprint density at radius 2 is 1.81 bits per heavy atom. The highest BCUT2D eigenvalue weighted by Gasteiger charge is 2.27. The van der Waals surface area contributed by atoms with Gasteiger partial charge in [0.05, 0.1) is 17.6 Å². The van der Waals surface area contributed by atoms with Gasteiger partial charge in [-0.15, -0.1) is 6.58 Å². The first kappa shape index (κ1) is 20.6. The van der Waals surface area contributed by atoms with Crippen molar-refractivity contribution in [2.24, 2.45) is 0 Å². The summed E-state index contributed by atoms with van der Waals surface area (Å²) in [7, 11) is 0. The summed E-state index contributed by atoms with van der Waals surface area (Å²) in [6.07, 6.45) is 1.66. The number of allylic oxidation sites excluding steroid dienone is 1. The fourth-order valence-corrected chi connectivity index (χ4v) is 3.44. The van der Waals surface area contributed by atoms with Crippen LogP contribution in [0.5, 0.6) is 0 Å². The van der Waals surface area contributed by atoms with E-state index in [1.54, 1.807) is 41.8 Å². The van der Waals surface area contributed by atoms with E-state index in [1.165, 1.54) is 0 Å². The molecular weight excluding hydrogens is 416 g/mol. The van der Waals surface area contributed by atoms with Crippen LogP contribution in [0.2, 0.25) is 5.02 Å². The highest BCUT2D eigenvalue weighted by atomic mass is 35.5. The van der Waals surface area contributed by atoms with Crippen LogP contribution < -0.4 is 5.32 Å². The Morgan fingerprint density at radius 1 is 1.13 bits per heavy atom. The van der Waals surface area contributed by atoms with Crippen LogP contribution in [0.4, 0.5) is 5.82 Å². The van der Waals surface area contributed by atoms with Gasteiger partial charge in [0, 0.05) is 17.1 Å². The number of halogens is 1. The number of aromatic nitrogens is 3. The van der Waals surface area contributed by atoms with Crippen LogP contribution in [0, 0.1) is 0 Å². The Balaban J connectivity index is 1.94. The molecule has 0 aliphatic carbocycles. The normalized spacial score (nSPS) is 10.9. The molecule has 8 heteroatoms. The average Bonchev–Trinajstić information content (AvgIpc) is 3.05. The molecule has 2 aromatic carbocycles. The van der Waals surface area contributed by atoms with Crippen molar-refractivity contribution >= 4 is 51.5 Å². The molecule has 7 nitrogen and oxygen atoms in total. The topological polar surface area (TPSA) is 86.1 Å². The molecule has 2 heterocycles. The smallest absolute Gasteiger partial charge is 0.344 e. The zero-order valence-corrected chi connectivity index (χ0v) is 17.5. The highest BCUT2D eigenvalue weighted by molar-refractivity contribution is 6.30. The molecule has 1 N–H and O–H groups in total. The lowest BCUT2D eigenvalue weighted by Gasteiger charge is -2.11. The molecule has 2 aromatic heterocycles. The molecular formula is C23H19ClN4O3. The summed E-state index contributed by atoms with van der Waals surface area (Å²) in [5, 5.41) is 3.35. The second kappa shape index (κ2) is 8.57. The number of amides is 1. The highest BCUT2D eigenvalue weighted by Crippen LogP contribution is 2.31. The first-order chi connectivity index (χ1) is 15.0. The van der Waals surface area contributed by atoms with E-state index in [9.17, 15) is 9.59 Å². The van der Waals surface area contributed by atoms with E-state index >= 15 is 0 Å². The summed E-state index contributed by atoms with van der Waals surface area (Å²) in [6, 6.07) is 13.8. The molecule has 0 atom stereocenters. The molecule has 0 saturated heterocycles. The molecule has 4 rings (SSSR count). The third kappa shape index (κ3) is 3.87. The average molecular weight is 435 g/mol. The van der Waals surface area contributed by atoms with Gasteiger partial charge in [-0.3, -0.25) is 4.79 Å². The Morgan fingerprint density at radius 3 is 2.45 bits per heavy atom. The van der Waals surface area contributed by atoms with E-state index in [4.69, 9.17) is 16.3 Å². The number of nitrogens with one attached hydrogen (secondary N) is 1. The van der Waals surface area contributed by atoms with Gasteiger partial charge in [-0.25, -0.2) is 14.8 Å². The molecule has 4 aromatic rings. The maximum atomic E-state index is 12.9. The van der Waals surface area contributed by atoms with Crippen LogP contribution in [-0.4, -0.2) is 33.0 Å². The molecule has 0 saturated carbocycles. The van der Waals surface area contributed by atoms with Crippen molar-refractivity contribution < 1.29 is 14.3 Å². The number of benzene rings is 2. The minimum atomic E-state index is -0.591. The first-order valence-corrected chi connectivity index (χ1v) is 10.0. The second-order valence-corrected chi connectivity index (χ2v) is 7.13. The number of esters is 1. The summed E-state index contributed by atoms with van der Waals surface area (Å²) in [5.41, 5.74) is 2.65. The van der Waals surface area contributed by atoms with Crippen LogP contribution in [0.25, 0.3) is 22.2 Å². The fourth-order valence-electron chi connectivity index (χ4n) is 3.31. The molecule has 0 fully saturated rings. The van der Waals surface area contributed by atoms with E-state index in [1.807, 2.05) is 24.3 Å². The van der Waals surface area contributed by atoms with Gasteiger partial charge in [-0.05, 0) is 43.3 Å². The Kier molecular flexibility index (Phi) is 5.68. The maximum Gasteiger partial charge on any atom is 0.344 e. The van der Waals surface area contributed by atoms with Crippen LogP contribution in [0.15, 0.2) is 61.2 Å². The summed E-state index contributed by atoms with van der Waals surface area (Å²) >= 11 is 5.92. The number of carbonyl (C=O) groups is 2. The van der Waals surface area contributed by atoms with Gasteiger partial charge in [0.25, 0.3) is 5.91 Å². The third-order valence-electron chi connectivity index (χ3n) is 4.68. The van der Waals surface area contributed by atoms with Crippen LogP contribution >= 0.6 is 11.6 Å². The number of para-hydroxylation sites is 2. The Hall–Kier alpha value is -3.71. The third-order valence-corrected chi connectivity index (χ3v) is 4.93. The van der Waals surface area contributed by atoms with Crippen molar-refractivity contribution in [2.45, 2.75) is 13.5 Å². The number of ether oxygens (including phenoxy) is 1. The minimum absolute atomic E-state index is 0.152. The van der Waals surface area contributed by atoms with Crippen molar-refractivity contribution in [3.63, 3.8) is 0 Å². The fraction of sp³-hybridized carbons (Fsp3) is 0.130. The lowest BCUT2D eigenvalue weighted by Crippen LogP contribution is -2.18. The summed E-state index contributed by atoms with van der Waals surface area (Å²) < 4.78 is 6.96. The quantitative estimate of drug-likeness (QED) is 0.346. The van der Waals surface area contributed by atoms with Crippen molar-refractivity contribution in [1.82, 2.24) is 14.5 Å². The summed E-state index contributed by atoms with van der Waals surface area (Å²) in [6.45, 7) is 5.99. The summed E-state index contributed by atoms with van der Waals surface area (Å²) in [5.74, 6) is -0.741. The number of hydrogen-bond donors (Lipinski definition) is 1. The number of carbonyl (C=O) groups excluding carboxylic acids is 2. The van der Waals surface area contributed by atoms with Gasteiger partial charge in [-0.1, -0.05) is 29.8 Å². The molecule has 0 spiro atoms. The van der Waals surface area contributed by atoms with Crippen molar-refractivity contribution in [1.29, 1.82) is 0 Å². The number of fused-ring (bicyclic) bond motifs is 2. The molecule has 0 radical (unpaired) electrons. The van der Waals surface area contributed by atoms with Crippen LogP contribution in [0.1, 0.15) is 27.6 Å². The first-order valence-electron chi connectivity index (χ1n) is 9.67.